The van der Waals surface area contributed by atoms with E-state index in [1.165, 1.54) is 0 Å². The fourth-order valence-corrected chi connectivity index (χ4v) is 1.88. The number of nitrogens with zero attached hydrogens (tertiary/aromatic N) is 2. The number of hydrogen-bond donors (Lipinski definition) is 1. The van der Waals surface area contributed by atoms with E-state index in [-0.39, 0.29) is 0 Å². The number of pyridine rings is 1. The predicted octanol–water partition coefficient (Wildman–Crippen LogP) is 2.57. The molecule has 0 aliphatic rings. The van der Waals surface area contributed by atoms with E-state index in [1.807, 2.05) is 22.7 Å². The third kappa shape index (κ3) is 1.73. The van der Waals surface area contributed by atoms with Crippen molar-refractivity contribution in [2.75, 3.05) is 0 Å². The Balaban J connectivity index is 2.69. The Labute approximate surface area is 93.9 Å². The number of fused-ring (bicyclic) bond motifs is 1. The first-order valence-corrected chi connectivity index (χ1v) is 5.37. The van der Waals surface area contributed by atoms with Crippen LogP contribution in [0.5, 0.6) is 0 Å². The van der Waals surface area contributed by atoms with Gasteiger partial charge in [-0.15, -0.1) is 0 Å². The fraction of sp³-hybridized carbons (Fsp3) is 0.364. The number of rotatable bonds is 2. The molecule has 2 aromatic heterocycles. The lowest BCUT2D eigenvalue weighted by molar-refractivity contribution is 0.769. The van der Waals surface area contributed by atoms with Gasteiger partial charge in [0.05, 0.1) is 5.52 Å². The largest absolute Gasteiger partial charge is 0.326 e. The fourth-order valence-electron chi connectivity index (χ4n) is 1.65. The molecule has 0 aliphatic carbocycles. The van der Waals surface area contributed by atoms with Crippen molar-refractivity contribution in [2.45, 2.75) is 26.3 Å². The van der Waals surface area contributed by atoms with Crippen LogP contribution in [0.1, 0.15) is 31.2 Å². The second-order valence-corrected chi connectivity index (χ2v) is 4.27. The highest BCUT2D eigenvalue weighted by molar-refractivity contribution is 6.32. The summed E-state index contributed by atoms with van der Waals surface area (Å²) in [5.74, 6) is 1.34. The van der Waals surface area contributed by atoms with Crippen molar-refractivity contribution in [2.24, 2.45) is 5.73 Å². The van der Waals surface area contributed by atoms with Gasteiger partial charge in [0, 0.05) is 18.7 Å². The van der Waals surface area contributed by atoms with E-state index in [0.717, 1.165) is 16.9 Å². The summed E-state index contributed by atoms with van der Waals surface area (Å²) >= 11 is 6.08. The monoisotopic (exact) mass is 223 g/mol. The summed E-state index contributed by atoms with van der Waals surface area (Å²) in [5.41, 5.74) is 7.59. The van der Waals surface area contributed by atoms with Crippen LogP contribution < -0.4 is 5.73 Å². The van der Waals surface area contributed by atoms with Gasteiger partial charge in [-0.05, 0) is 17.7 Å². The second kappa shape index (κ2) is 3.83. The molecule has 3 nitrogen and oxygen atoms in total. The standard InChI is InChI=1S/C11H14ClN3/c1-7(2)11-14-10(12)9-5-8(6-13)3-4-15(9)11/h3-5,7H,6,13H2,1-2H3. The van der Waals surface area contributed by atoms with Gasteiger partial charge in [0.25, 0.3) is 0 Å². The van der Waals surface area contributed by atoms with E-state index in [4.69, 9.17) is 17.3 Å². The quantitative estimate of drug-likeness (QED) is 0.851. The molecule has 0 fully saturated rings. The molecular formula is C11H14ClN3. The van der Waals surface area contributed by atoms with Gasteiger partial charge in [0.2, 0.25) is 0 Å². The van der Waals surface area contributed by atoms with Crippen molar-refractivity contribution in [3.05, 3.63) is 34.9 Å². The Morgan fingerprint density at radius 1 is 1.53 bits per heavy atom. The number of nitrogens with two attached hydrogens (primary N) is 1. The predicted molar refractivity (Wildman–Crippen MR) is 62.2 cm³/mol. The molecule has 0 atom stereocenters. The maximum atomic E-state index is 6.08. The Bertz CT molecular complexity index is 488. The van der Waals surface area contributed by atoms with E-state index in [9.17, 15) is 0 Å². The maximum absolute atomic E-state index is 6.08. The second-order valence-electron chi connectivity index (χ2n) is 3.91. The Kier molecular flexibility index (Phi) is 2.67. The molecule has 0 saturated carbocycles. The minimum atomic E-state index is 0.355. The van der Waals surface area contributed by atoms with Crippen LogP contribution in [0.25, 0.3) is 5.52 Å². The first-order chi connectivity index (χ1) is 7.13. The molecule has 2 aromatic rings. The van der Waals surface area contributed by atoms with Crippen LogP contribution >= 0.6 is 11.6 Å². The molecule has 0 radical (unpaired) electrons. The van der Waals surface area contributed by atoms with Crippen LogP contribution in [-0.2, 0) is 6.54 Å². The average Bonchev–Trinajstić information content (AvgIpc) is 2.56. The SMILES string of the molecule is CC(C)c1nc(Cl)c2cc(CN)ccn12. The van der Waals surface area contributed by atoms with Crippen LogP contribution in [0, 0.1) is 0 Å². The Morgan fingerprint density at radius 2 is 2.27 bits per heavy atom. The number of halogens is 1. The summed E-state index contributed by atoms with van der Waals surface area (Å²) in [4.78, 5) is 4.35. The van der Waals surface area contributed by atoms with Crippen LogP contribution in [0.2, 0.25) is 5.15 Å². The van der Waals surface area contributed by atoms with Crippen LogP contribution in [0.4, 0.5) is 0 Å². The van der Waals surface area contributed by atoms with Crippen molar-refractivity contribution in [3.63, 3.8) is 0 Å². The number of aromatic nitrogens is 2. The normalized spacial score (nSPS) is 11.5. The lowest BCUT2D eigenvalue weighted by atomic mass is 10.2. The third-order valence-corrected chi connectivity index (χ3v) is 2.72. The van der Waals surface area contributed by atoms with Crippen molar-refractivity contribution < 1.29 is 0 Å². The summed E-state index contributed by atoms with van der Waals surface area (Å²) in [5, 5.41) is 0.550. The van der Waals surface area contributed by atoms with Gasteiger partial charge in [-0.2, -0.15) is 0 Å². The molecule has 0 aliphatic heterocycles. The third-order valence-electron chi connectivity index (χ3n) is 2.44. The van der Waals surface area contributed by atoms with Gasteiger partial charge < -0.3 is 10.1 Å². The molecule has 2 rings (SSSR count). The van der Waals surface area contributed by atoms with Crippen LogP contribution in [0.15, 0.2) is 18.3 Å². The molecule has 2 N–H and O–H groups in total. The highest BCUT2D eigenvalue weighted by Crippen LogP contribution is 2.23. The van der Waals surface area contributed by atoms with Crippen molar-refractivity contribution in [1.29, 1.82) is 0 Å². The molecule has 0 bridgehead atoms. The molecule has 0 saturated heterocycles. The molecule has 80 valence electrons. The van der Waals surface area contributed by atoms with Gasteiger partial charge in [0.1, 0.15) is 5.82 Å². The topological polar surface area (TPSA) is 43.3 Å². The summed E-state index contributed by atoms with van der Waals surface area (Å²) in [6.45, 7) is 4.72. The van der Waals surface area contributed by atoms with E-state index >= 15 is 0 Å². The van der Waals surface area contributed by atoms with Crippen LogP contribution in [0.3, 0.4) is 0 Å². The first kappa shape index (κ1) is 10.5. The van der Waals surface area contributed by atoms with Gasteiger partial charge >= 0.3 is 0 Å². The highest BCUT2D eigenvalue weighted by Gasteiger charge is 2.12. The minimum absolute atomic E-state index is 0.355. The van der Waals surface area contributed by atoms with Crippen molar-refractivity contribution in [3.8, 4) is 0 Å². The summed E-state index contributed by atoms with van der Waals surface area (Å²) in [6, 6.07) is 3.98. The van der Waals surface area contributed by atoms with Crippen molar-refractivity contribution in [1.82, 2.24) is 9.38 Å². The van der Waals surface area contributed by atoms with E-state index < -0.39 is 0 Å². The smallest absolute Gasteiger partial charge is 0.155 e. The summed E-state index contributed by atoms with van der Waals surface area (Å²) in [7, 11) is 0. The van der Waals surface area contributed by atoms with Crippen molar-refractivity contribution >= 4 is 17.1 Å². The molecule has 0 aromatic carbocycles. The maximum Gasteiger partial charge on any atom is 0.155 e. The van der Waals surface area contributed by atoms with Gasteiger partial charge in [0.15, 0.2) is 5.15 Å². The molecular weight excluding hydrogens is 210 g/mol. The molecule has 0 unspecified atom stereocenters. The zero-order valence-corrected chi connectivity index (χ0v) is 9.62. The lowest BCUT2D eigenvalue weighted by Crippen LogP contribution is -1.99. The van der Waals surface area contributed by atoms with Gasteiger partial charge in [-0.1, -0.05) is 25.4 Å². The van der Waals surface area contributed by atoms with E-state index in [0.29, 0.717) is 17.6 Å². The minimum Gasteiger partial charge on any atom is -0.326 e. The Morgan fingerprint density at radius 3 is 2.87 bits per heavy atom. The zero-order valence-electron chi connectivity index (χ0n) is 8.87. The molecule has 0 spiro atoms. The number of imidazole rings is 1. The molecule has 4 heteroatoms. The molecule has 15 heavy (non-hydrogen) atoms. The van der Waals surface area contributed by atoms with Crippen LogP contribution in [-0.4, -0.2) is 9.38 Å². The van der Waals surface area contributed by atoms with E-state index in [2.05, 4.69) is 18.8 Å². The summed E-state index contributed by atoms with van der Waals surface area (Å²) in [6.07, 6.45) is 1.98. The number of hydrogen-bond acceptors (Lipinski definition) is 2. The summed E-state index contributed by atoms with van der Waals surface area (Å²) < 4.78 is 2.02. The highest BCUT2D eigenvalue weighted by atomic mass is 35.5. The van der Waals surface area contributed by atoms with E-state index in [1.54, 1.807) is 0 Å². The first-order valence-electron chi connectivity index (χ1n) is 5.00. The molecule has 0 amide bonds. The van der Waals surface area contributed by atoms with Gasteiger partial charge in [-0.3, -0.25) is 0 Å². The van der Waals surface area contributed by atoms with Gasteiger partial charge in [-0.25, -0.2) is 4.98 Å². The lowest BCUT2D eigenvalue weighted by Gasteiger charge is -2.04. The zero-order chi connectivity index (χ0) is 11.0. The molecule has 2 heterocycles. The Hall–Kier alpha value is -1.06. The average molecular weight is 224 g/mol.